The molecule has 168 valence electrons. The lowest BCUT2D eigenvalue weighted by Gasteiger charge is -2.09. The summed E-state index contributed by atoms with van der Waals surface area (Å²) in [5, 5.41) is 5.01. The van der Waals surface area contributed by atoms with Crippen molar-refractivity contribution in [3.8, 4) is 23.1 Å². The highest BCUT2D eigenvalue weighted by molar-refractivity contribution is 6.32. The monoisotopic (exact) mass is 459 g/mol. The van der Waals surface area contributed by atoms with E-state index in [9.17, 15) is 4.39 Å². The molecule has 0 saturated heterocycles. The Kier molecular flexibility index (Phi) is 6.29. The molecule has 0 spiro atoms. The largest absolute Gasteiger partial charge is 0.497 e. The van der Waals surface area contributed by atoms with Crippen LogP contribution in [-0.4, -0.2) is 52.3 Å². The van der Waals surface area contributed by atoms with Crippen LogP contribution in [0.4, 0.5) is 4.39 Å². The highest BCUT2D eigenvalue weighted by atomic mass is 35.5. The molecule has 4 rings (SSSR count). The molecule has 4 aromatic rings. The Morgan fingerprint density at radius 2 is 1.81 bits per heavy atom. The van der Waals surface area contributed by atoms with Gasteiger partial charge in [0.1, 0.15) is 10.8 Å². The third-order valence-corrected chi connectivity index (χ3v) is 5.43. The van der Waals surface area contributed by atoms with E-state index in [0.29, 0.717) is 34.5 Å². The van der Waals surface area contributed by atoms with Gasteiger partial charge in [0.15, 0.2) is 17.8 Å². The quantitative estimate of drug-likeness (QED) is 0.393. The summed E-state index contributed by atoms with van der Waals surface area (Å²) in [6.45, 7) is 0.225. The maximum Gasteiger partial charge on any atom is 0.233 e. The van der Waals surface area contributed by atoms with Gasteiger partial charge in [-0.3, -0.25) is 0 Å². The molecule has 0 radical (unpaired) electrons. The van der Waals surface area contributed by atoms with Gasteiger partial charge in [0.2, 0.25) is 5.88 Å². The summed E-state index contributed by atoms with van der Waals surface area (Å²) in [5.74, 6) is 1.64. The van der Waals surface area contributed by atoms with E-state index in [0.717, 1.165) is 16.8 Å². The Morgan fingerprint density at radius 3 is 2.47 bits per heavy atom. The Morgan fingerprint density at radius 1 is 1.06 bits per heavy atom. The average Bonchev–Trinajstić information content (AvgIpc) is 3.35. The molecule has 3 heterocycles. The molecular formula is C22H23ClFN5O3. The van der Waals surface area contributed by atoms with Crippen LogP contribution in [0, 0.1) is 0 Å². The molecule has 0 bridgehead atoms. The fourth-order valence-corrected chi connectivity index (χ4v) is 3.72. The van der Waals surface area contributed by atoms with Gasteiger partial charge in [0, 0.05) is 14.2 Å². The zero-order valence-corrected chi connectivity index (χ0v) is 18.9. The van der Waals surface area contributed by atoms with Crippen molar-refractivity contribution >= 4 is 22.6 Å². The molecule has 0 aliphatic rings. The molecular weight excluding hydrogens is 437 g/mol. The van der Waals surface area contributed by atoms with Crippen LogP contribution >= 0.6 is 11.6 Å². The first-order valence-electron chi connectivity index (χ1n) is 9.86. The van der Waals surface area contributed by atoms with Gasteiger partial charge < -0.3 is 18.8 Å². The van der Waals surface area contributed by atoms with Gasteiger partial charge in [-0.1, -0.05) is 23.7 Å². The van der Waals surface area contributed by atoms with E-state index >= 15 is 0 Å². The summed E-state index contributed by atoms with van der Waals surface area (Å²) >= 11 is 6.24. The summed E-state index contributed by atoms with van der Waals surface area (Å²) in [4.78, 5) is 8.94. The first kappa shape index (κ1) is 22.0. The van der Waals surface area contributed by atoms with Gasteiger partial charge in [-0.2, -0.15) is 0 Å². The fraction of sp³-hybridized carbons (Fsp3) is 0.318. The van der Waals surface area contributed by atoms with Crippen molar-refractivity contribution in [3.63, 3.8) is 0 Å². The third kappa shape index (κ3) is 4.13. The maximum absolute atomic E-state index is 14.9. The Hall–Kier alpha value is -3.17. The SMILES string of the molecule is COCC(F)c1nc(-c2cc3nc(OC)c(Cl)cc3n2C)nn1Cc1ccc(OC)cc1. The lowest BCUT2D eigenvalue weighted by atomic mass is 10.2. The lowest BCUT2D eigenvalue weighted by Crippen LogP contribution is -2.12. The van der Waals surface area contributed by atoms with Crippen molar-refractivity contribution in [1.82, 2.24) is 24.3 Å². The van der Waals surface area contributed by atoms with Gasteiger partial charge in [-0.25, -0.2) is 19.0 Å². The molecule has 1 atom stereocenters. The van der Waals surface area contributed by atoms with Crippen molar-refractivity contribution in [2.24, 2.45) is 7.05 Å². The van der Waals surface area contributed by atoms with Gasteiger partial charge in [0.25, 0.3) is 0 Å². The number of hydrogen-bond donors (Lipinski definition) is 0. The number of aromatic nitrogens is 5. The topological polar surface area (TPSA) is 76.2 Å². The number of hydrogen-bond acceptors (Lipinski definition) is 6. The number of methoxy groups -OCH3 is 3. The number of pyridine rings is 1. The van der Waals surface area contributed by atoms with Crippen LogP contribution in [0.2, 0.25) is 5.02 Å². The molecule has 0 fully saturated rings. The summed E-state index contributed by atoms with van der Waals surface area (Å²) in [5.41, 5.74) is 3.07. The minimum absolute atomic E-state index is 0.121. The van der Waals surface area contributed by atoms with Crippen LogP contribution in [0.25, 0.3) is 22.6 Å². The number of aryl methyl sites for hydroxylation is 1. The van der Waals surface area contributed by atoms with E-state index in [1.165, 1.54) is 14.2 Å². The number of fused-ring (bicyclic) bond motifs is 1. The maximum atomic E-state index is 14.9. The van der Waals surface area contributed by atoms with E-state index in [4.69, 9.17) is 25.8 Å². The first-order chi connectivity index (χ1) is 15.4. The number of benzene rings is 1. The predicted octanol–water partition coefficient (Wildman–Crippen LogP) is 4.21. The average molecular weight is 460 g/mol. The zero-order valence-electron chi connectivity index (χ0n) is 18.2. The second-order valence-electron chi connectivity index (χ2n) is 7.19. The second kappa shape index (κ2) is 9.13. The van der Waals surface area contributed by atoms with E-state index < -0.39 is 6.17 Å². The normalized spacial score (nSPS) is 12.3. The summed E-state index contributed by atoms with van der Waals surface area (Å²) in [7, 11) is 6.42. The molecule has 1 unspecified atom stereocenters. The zero-order chi connectivity index (χ0) is 22.8. The van der Waals surface area contributed by atoms with Crippen molar-refractivity contribution in [3.05, 3.63) is 52.8 Å². The van der Waals surface area contributed by atoms with Crippen molar-refractivity contribution in [2.75, 3.05) is 27.9 Å². The minimum atomic E-state index is -1.43. The molecule has 0 aliphatic heterocycles. The molecule has 0 saturated carbocycles. The van der Waals surface area contributed by atoms with E-state index in [-0.39, 0.29) is 12.4 Å². The Bertz CT molecular complexity index is 1240. The van der Waals surface area contributed by atoms with E-state index in [1.54, 1.807) is 17.9 Å². The fourth-order valence-electron chi connectivity index (χ4n) is 3.50. The molecule has 0 aliphatic carbocycles. The number of ether oxygens (including phenoxy) is 3. The van der Waals surface area contributed by atoms with Gasteiger partial charge in [0.05, 0.1) is 44.1 Å². The van der Waals surface area contributed by atoms with Crippen molar-refractivity contribution < 1.29 is 18.6 Å². The lowest BCUT2D eigenvalue weighted by molar-refractivity contribution is 0.117. The van der Waals surface area contributed by atoms with Crippen LogP contribution in [-0.2, 0) is 18.3 Å². The first-order valence-corrected chi connectivity index (χ1v) is 10.2. The van der Waals surface area contributed by atoms with Gasteiger partial charge in [-0.05, 0) is 29.8 Å². The highest BCUT2D eigenvalue weighted by Gasteiger charge is 2.23. The number of halogens is 2. The number of rotatable bonds is 8. The number of nitrogens with zero attached hydrogens (tertiary/aromatic N) is 5. The standard InChI is InChI=1S/C22H23ClFN5O3/c1-28-18-9-15(23)22(32-4)25-17(18)10-19(28)20-26-21(16(24)12-30-2)29(27-20)11-13-5-7-14(31-3)8-6-13/h5-10,16H,11-12H2,1-4H3. The minimum Gasteiger partial charge on any atom is -0.497 e. The van der Waals surface area contributed by atoms with Gasteiger partial charge >= 0.3 is 0 Å². The Balaban J connectivity index is 1.77. The third-order valence-electron chi connectivity index (χ3n) is 5.16. The second-order valence-corrected chi connectivity index (χ2v) is 7.60. The summed E-state index contributed by atoms with van der Waals surface area (Å²) < 4.78 is 33.7. The molecule has 10 heteroatoms. The predicted molar refractivity (Wildman–Crippen MR) is 119 cm³/mol. The van der Waals surface area contributed by atoms with E-state index in [2.05, 4.69) is 15.1 Å². The smallest absolute Gasteiger partial charge is 0.233 e. The summed E-state index contributed by atoms with van der Waals surface area (Å²) in [6.07, 6.45) is -1.43. The van der Waals surface area contributed by atoms with Crippen LogP contribution in [0.5, 0.6) is 11.6 Å². The molecule has 32 heavy (non-hydrogen) atoms. The summed E-state index contributed by atoms with van der Waals surface area (Å²) in [6, 6.07) is 11.1. The number of alkyl halides is 1. The molecule has 8 nitrogen and oxygen atoms in total. The highest BCUT2D eigenvalue weighted by Crippen LogP contribution is 2.31. The van der Waals surface area contributed by atoms with Crippen LogP contribution in [0.1, 0.15) is 17.6 Å². The van der Waals surface area contributed by atoms with E-state index in [1.807, 2.05) is 41.9 Å². The molecule has 1 aromatic carbocycles. The van der Waals surface area contributed by atoms with Gasteiger partial charge in [-0.15, -0.1) is 5.10 Å². The molecule has 0 N–H and O–H groups in total. The van der Waals surface area contributed by atoms with Crippen molar-refractivity contribution in [1.29, 1.82) is 0 Å². The molecule has 3 aromatic heterocycles. The Labute approximate surface area is 189 Å². The van der Waals surface area contributed by atoms with Crippen molar-refractivity contribution in [2.45, 2.75) is 12.7 Å². The van der Waals surface area contributed by atoms with Crippen LogP contribution < -0.4 is 9.47 Å². The van der Waals surface area contributed by atoms with Crippen LogP contribution in [0.15, 0.2) is 36.4 Å². The van der Waals surface area contributed by atoms with Crippen LogP contribution in [0.3, 0.4) is 0 Å². The molecule has 0 amide bonds.